The average Bonchev–Trinajstić information content (AvgIpc) is 4.07. The van der Waals surface area contributed by atoms with Crippen LogP contribution in [-0.4, -0.2) is 54.1 Å². The summed E-state index contributed by atoms with van der Waals surface area (Å²) in [6.07, 6.45) is 13.9. The minimum Gasteiger partial charge on any atom is -0.376 e. The highest BCUT2D eigenvalue weighted by atomic mass is 32.1. The summed E-state index contributed by atoms with van der Waals surface area (Å²) in [5.41, 5.74) is -4.49. The van der Waals surface area contributed by atoms with Crippen LogP contribution in [0.1, 0.15) is 127 Å². The maximum Gasteiger partial charge on any atom is 0.258 e. The number of Topliss-reactive ketones (excluding diaryl/α,β-unsaturated/α-hetero) is 2. The smallest absolute Gasteiger partial charge is 0.258 e. The van der Waals surface area contributed by atoms with Crippen molar-refractivity contribution in [3.8, 4) is 19.5 Å². The molecule has 0 bridgehead atoms. The summed E-state index contributed by atoms with van der Waals surface area (Å²) in [7, 11) is 2.02. The molecule has 314 valence electrons. The quantitative estimate of drug-likeness (QED) is 0.0457. The van der Waals surface area contributed by atoms with Gasteiger partial charge in [0.1, 0.15) is 11.6 Å². The largest absolute Gasteiger partial charge is 0.376 e. The highest BCUT2D eigenvalue weighted by Gasteiger charge is 2.57. The molecule has 5 rings (SSSR count). The Labute approximate surface area is 356 Å². The van der Waals surface area contributed by atoms with Gasteiger partial charge >= 0.3 is 0 Å². The Morgan fingerprint density at radius 2 is 1.16 bits per heavy atom. The fourth-order valence-electron chi connectivity index (χ4n) is 6.97. The van der Waals surface area contributed by atoms with Crippen LogP contribution >= 0.6 is 45.3 Å². The van der Waals surface area contributed by atoms with Crippen LogP contribution in [0.5, 0.6) is 0 Å². The lowest BCUT2D eigenvalue weighted by Crippen LogP contribution is -2.56. The molecule has 1 aliphatic rings. The van der Waals surface area contributed by atoms with Gasteiger partial charge in [-0.1, -0.05) is 104 Å². The van der Waals surface area contributed by atoms with Gasteiger partial charge in [-0.2, -0.15) is 0 Å². The summed E-state index contributed by atoms with van der Waals surface area (Å²) >= 11 is 5.46. The number of carbonyl (C=O) groups excluding carboxylic acids is 4. The standard InChI is InChI=1S/C34H37NO6S4.C9H21N.C2H6/c1-2-3-4-5-6-7-16-35-32(39)34(41,31-15-13-29(45-31)27-11-9-18-43-27)23-20-24(37)22(19-25(23)38)33(40,21-36)30-14-12-28(44-30)26-10-8-17-42-26;1-3-4-5-6-7-8-9-10-2;1-2/h8-15,17-18,21-23,40-41H,2-7,16,19-20H2,1H3,(H,35,39);10H,3-9H2,1-2H3;1-2H3. The van der Waals surface area contributed by atoms with E-state index in [0.29, 0.717) is 12.8 Å². The molecular formula is C45H64N2O6S4. The fraction of sp³-hybridized carbons (Fsp3) is 0.556. The third kappa shape index (κ3) is 13.3. The van der Waals surface area contributed by atoms with Gasteiger partial charge in [-0.05, 0) is 73.6 Å². The van der Waals surface area contributed by atoms with Crippen molar-refractivity contribution in [2.24, 2.45) is 11.8 Å². The summed E-state index contributed by atoms with van der Waals surface area (Å²) < 4.78 is 0. The van der Waals surface area contributed by atoms with E-state index in [0.717, 1.165) is 58.0 Å². The molecule has 0 spiro atoms. The number of aliphatic hydroxyl groups is 2. The monoisotopic (exact) mass is 856 g/mol. The number of hydrogen-bond donors (Lipinski definition) is 4. The van der Waals surface area contributed by atoms with Crippen LogP contribution in [0.15, 0.2) is 59.3 Å². The van der Waals surface area contributed by atoms with Gasteiger partial charge in [0.25, 0.3) is 5.91 Å². The molecule has 4 aromatic heterocycles. The second-order valence-corrected chi connectivity index (χ2v) is 18.4. The number of amides is 1. The highest BCUT2D eigenvalue weighted by Crippen LogP contribution is 2.47. The maximum atomic E-state index is 13.9. The first-order valence-electron chi connectivity index (χ1n) is 20.8. The zero-order valence-electron chi connectivity index (χ0n) is 34.5. The Balaban J connectivity index is 0.000000633. The Kier molecular flexibility index (Phi) is 21.8. The van der Waals surface area contributed by atoms with E-state index in [1.54, 1.807) is 18.2 Å². The van der Waals surface area contributed by atoms with E-state index in [-0.39, 0.29) is 9.75 Å². The van der Waals surface area contributed by atoms with E-state index >= 15 is 0 Å². The van der Waals surface area contributed by atoms with Gasteiger partial charge in [0.15, 0.2) is 17.5 Å². The summed E-state index contributed by atoms with van der Waals surface area (Å²) in [5, 5.41) is 33.7. The second kappa shape index (κ2) is 25.6. The predicted molar refractivity (Wildman–Crippen MR) is 240 cm³/mol. The first-order valence-corrected chi connectivity index (χ1v) is 24.2. The third-order valence-electron chi connectivity index (χ3n) is 10.3. The summed E-state index contributed by atoms with van der Waals surface area (Å²) in [5.74, 6) is -4.49. The number of aldehydes is 1. The number of nitrogens with one attached hydrogen (secondary N) is 2. The topological polar surface area (TPSA) is 133 Å². The summed E-state index contributed by atoms with van der Waals surface area (Å²) in [4.78, 5) is 58.0. The van der Waals surface area contributed by atoms with Gasteiger partial charge in [0.2, 0.25) is 0 Å². The van der Waals surface area contributed by atoms with E-state index in [2.05, 4.69) is 24.5 Å². The highest BCUT2D eigenvalue weighted by molar-refractivity contribution is 7.22. The minimum atomic E-state index is -2.28. The van der Waals surface area contributed by atoms with E-state index in [4.69, 9.17) is 0 Å². The molecule has 57 heavy (non-hydrogen) atoms. The zero-order valence-corrected chi connectivity index (χ0v) is 37.7. The van der Waals surface area contributed by atoms with E-state index in [9.17, 15) is 29.4 Å². The summed E-state index contributed by atoms with van der Waals surface area (Å²) in [6, 6.07) is 14.5. The van der Waals surface area contributed by atoms with Crippen molar-refractivity contribution in [1.82, 2.24) is 10.6 Å². The molecule has 1 amide bonds. The molecule has 1 fully saturated rings. The molecule has 4 N–H and O–H groups in total. The van der Waals surface area contributed by atoms with Crippen LogP contribution in [-0.2, 0) is 30.4 Å². The lowest BCUT2D eigenvalue weighted by molar-refractivity contribution is -0.165. The number of carbonyl (C=O) groups is 4. The lowest BCUT2D eigenvalue weighted by atomic mass is 9.66. The van der Waals surface area contributed by atoms with Crippen molar-refractivity contribution < 1.29 is 29.4 Å². The van der Waals surface area contributed by atoms with Crippen molar-refractivity contribution in [3.05, 3.63) is 69.0 Å². The second-order valence-electron chi connectivity index (χ2n) is 14.3. The SMILES string of the molecule is CC.CCCCCCCCNC.CCCCCCCCNC(=O)C(O)(c1ccc(-c2cccs2)s1)C1CC(=O)C(C(O)(C=O)c2ccc(-c3cccs3)s2)CC1=O. The predicted octanol–water partition coefficient (Wildman–Crippen LogP) is 10.8. The number of rotatable bonds is 22. The van der Waals surface area contributed by atoms with Crippen molar-refractivity contribution in [2.45, 2.75) is 129 Å². The number of thiophene rings is 4. The Hall–Kier alpha value is -2.84. The maximum absolute atomic E-state index is 13.9. The van der Waals surface area contributed by atoms with E-state index in [1.165, 1.54) is 90.4 Å². The van der Waals surface area contributed by atoms with Crippen LogP contribution in [0.4, 0.5) is 0 Å². The van der Waals surface area contributed by atoms with E-state index < -0.39 is 53.4 Å². The van der Waals surface area contributed by atoms with Crippen molar-refractivity contribution in [3.63, 3.8) is 0 Å². The van der Waals surface area contributed by atoms with Crippen molar-refractivity contribution in [1.29, 1.82) is 0 Å². The lowest BCUT2D eigenvalue weighted by Gasteiger charge is -2.39. The van der Waals surface area contributed by atoms with Gasteiger partial charge in [0.05, 0.1) is 11.8 Å². The average molecular weight is 857 g/mol. The van der Waals surface area contributed by atoms with Crippen LogP contribution in [0.2, 0.25) is 0 Å². The molecule has 4 unspecified atom stereocenters. The van der Waals surface area contributed by atoms with Crippen LogP contribution in [0, 0.1) is 11.8 Å². The van der Waals surface area contributed by atoms with Gasteiger partial charge in [-0.3, -0.25) is 19.2 Å². The molecule has 1 saturated carbocycles. The molecule has 1 aliphatic carbocycles. The number of hydrogen-bond acceptors (Lipinski definition) is 11. The van der Waals surface area contributed by atoms with Crippen LogP contribution in [0.3, 0.4) is 0 Å². The van der Waals surface area contributed by atoms with Crippen molar-refractivity contribution >= 4 is 69.1 Å². The van der Waals surface area contributed by atoms with Crippen molar-refractivity contribution in [2.75, 3.05) is 20.1 Å². The Bertz CT molecular complexity index is 1740. The Morgan fingerprint density at radius 1 is 0.684 bits per heavy atom. The van der Waals surface area contributed by atoms with Gasteiger partial charge in [0, 0.05) is 48.6 Å². The van der Waals surface area contributed by atoms with Gasteiger partial charge < -0.3 is 20.8 Å². The number of ketones is 2. The number of unbranched alkanes of at least 4 members (excludes halogenated alkanes) is 10. The van der Waals surface area contributed by atoms with E-state index in [1.807, 2.05) is 62.0 Å². The molecular weight excluding hydrogens is 793 g/mol. The first kappa shape index (κ1) is 48.5. The molecule has 4 aromatic rings. The molecule has 4 heterocycles. The first-order chi connectivity index (χ1) is 27.6. The zero-order chi connectivity index (χ0) is 41.7. The van der Waals surface area contributed by atoms with Gasteiger partial charge in [-0.15, -0.1) is 45.3 Å². The molecule has 0 aliphatic heterocycles. The molecule has 0 aromatic carbocycles. The summed E-state index contributed by atoms with van der Waals surface area (Å²) in [6.45, 7) is 9.93. The molecule has 8 nitrogen and oxygen atoms in total. The normalized spacial score (nSPS) is 17.4. The van der Waals surface area contributed by atoms with Crippen LogP contribution < -0.4 is 10.6 Å². The third-order valence-corrected chi connectivity index (χ3v) is 14.8. The van der Waals surface area contributed by atoms with Crippen LogP contribution in [0.25, 0.3) is 19.5 Å². The molecule has 0 saturated heterocycles. The molecule has 0 radical (unpaired) electrons. The minimum absolute atomic E-state index is 0.274. The fourth-order valence-corrected chi connectivity index (χ4v) is 10.9. The molecule has 12 heteroatoms. The van der Waals surface area contributed by atoms with Gasteiger partial charge in [-0.25, -0.2) is 0 Å². The Morgan fingerprint density at radius 3 is 1.67 bits per heavy atom. The molecule has 4 atom stereocenters.